The quantitative estimate of drug-likeness (QED) is 0.714. The van der Waals surface area contributed by atoms with Crippen molar-refractivity contribution in [3.63, 3.8) is 0 Å². The summed E-state index contributed by atoms with van der Waals surface area (Å²) in [5.41, 5.74) is 0.916. The molecule has 15 heavy (non-hydrogen) atoms. The fourth-order valence-corrected chi connectivity index (χ4v) is 1.61. The van der Waals surface area contributed by atoms with Crippen LogP contribution in [0.2, 0.25) is 0 Å². The molecule has 0 atom stereocenters. The first-order chi connectivity index (χ1) is 7.11. The molecule has 0 radical (unpaired) electrons. The Morgan fingerprint density at radius 2 is 2.13 bits per heavy atom. The zero-order valence-electron chi connectivity index (χ0n) is 9.26. The van der Waals surface area contributed by atoms with Crippen LogP contribution in [0.25, 0.3) is 0 Å². The summed E-state index contributed by atoms with van der Waals surface area (Å²) in [5, 5.41) is 0. The van der Waals surface area contributed by atoms with Crippen molar-refractivity contribution in [3.8, 4) is 5.75 Å². The second-order valence-corrected chi connectivity index (χ2v) is 3.42. The third-order valence-electron chi connectivity index (χ3n) is 2.28. The molecule has 0 amide bonds. The van der Waals surface area contributed by atoms with E-state index >= 15 is 0 Å². The molecule has 0 saturated heterocycles. The van der Waals surface area contributed by atoms with Crippen molar-refractivity contribution in [3.05, 3.63) is 29.1 Å². The first-order valence-electron chi connectivity index (χ1n) is 4.98. The Labute approximate surface area is 89.1 Å². The summed E-state index contributed by atoms with van der Waals surface area (Å²) in [6, 6.07) is 3.31. The smallest absolute Gasteiger partial charge is 0.176 e. The molecular weight excluding hydrogens is 195 g/mol. The number of rotatable bonds is 4. The number of benzene rings is 1. The highest BCUT2D eigenvalue weighted by molar-refractivity contribution is 5.96. The average molecular weight is 210 g/mol. The number of hydrogen-bond donors (Lipinski definition) is 0. The lowest BCUT2D eigenvalue weighted by atomic mass is 9.99. The molecule has 82 valence electrons. The lowest BCUT2D eigenvalue weighted by Crippen LogP contribution is -2.05. The van der Waals surface area contributed by atoms with E-state index in [0.29, 0.717) is 6.42 Å². The number of carbonyl (C=O) groups excluding carboxylic acids is 1. The average Bonchev–Trinajstić information content (AvgIpc) is 2.18. The molecular formula is C12H15FO2. The van der Waals surface area contributed by atoms with Gasteiger partial charge in [-0.05, 0) is 25.0 Å². The molecule has 2 nitrogen and oxygen atoms in total. The van der Waals surface area contributed by atoms with E-state index < -0.39 is 5.82 Å². The Morgan fingerprint density at radius 3 is 2.60 bits per heavy atom. The summed E-state index contributed by atoms with van der Waals surface area (Å²) in [6.45, 7) is 3.36. The van der Waals surface area contributed by atoms with Crippen LogP contribution in [0.5, 0.6) is 5.75 Å². The Morgan fingerprint density at radius 1 is 1.47 bits per heavy atom. The first kappa shape index (κ1) is 11.7. The molecule has 0 spiro atoms. The van der Waals surface area contributed by atoms with Gasteiger partial charge in [-0.3, -0.25) is 4.79 Å². The zero-order chi connectivity index (χ0) is 11.4. The zero-order valence-corrected chi connectivity index (χ0v) is 9.26. The topological polar surface area (TPSA) is 26.3 Å². The Balaban J connectivity index is 3.30. The van der Waals surface area contributed by atoms with Crippen molar-refractivity contribution < 1.29 is 13.9 Å². The maximum atomic E-state index is 13.8. The van der Waals surface area contributed by atoms with Crippen molar-refractivity contribution in [2.45, 2.75) is 26.7 Å². The number of methoxy groups -OCH3 is 1. The number of ether oxygens (including phenoxy) is 1. The van der Waals surface area contributed by atoms with E-state index in [4.69, 9.17) is 4.74 Å². The van der Waals surface area contributed by atoms with Crippen LogP contribution >= 0.6 is 0 Å². The van der Waals surface area contributed by atoms with Crippen molar-refractivity contribution in [2.24, 2.45) is 0 Å². The SMILES string of the molecule is CCCc1ccc(OC)c(F)c1C(C)=O. The van der Waals surface area contributed by atoms with Gasteiger partial charge in [-0.2, -0.15) is 0 Å². The van der Waals surface area contributed by atoms with Crippen molar-refractivity contribution >= 4 is 5.78 Å². The van der Waals surface area contributed by atoms with E-state index in [0.717, 1.165) is 12.0 Å². The maximum Gasteiger partial charge on any atom is 0.176 e. The molecule has 0 unspecified atom stereocenters. The molecule has 0 aliphatic heterocycles. The molecule has 0 heterocycles. The molecule has 0 aliphatic rings. The van der Waals surface area contributed by atoms with E-state index in [2.05, 4.69) is 0 Å². The molecule has 0 aliphatic carbocycles. The summed E-state index contributed by atoms with van der Waals surface area (Å²) in [4.78, 5) is 11.3. The second-order valence-electron chi connectivity index (χ2n) is 3.42. The summed E-state index contributed by atoms with van der Waals surface area (Å²) >= 11 is 0. The molecule has 0 fully saturated rings. The number of hydrogen-bond acceptors (Lipinski definition) is 2. The minimum absolute atomic E-state index is 0.125. The lowest BCUT2D eigenvalue weighted by Gasteiger charge is -2.10. The van der Waals surface area contributed by atoms with Gasteiger partial charge < -0.3 is 4.74 Å². The molecule has 1 aromatic rings. The van der Waals surface area contributed by atoms with Gasteiger partial charge in [0.25, 0.3) is 0 Å². The van der Waals surface area contributed by atoms with Crippen molar-refractivity contribution in [1.82, 2.24) is 0 Å². The van der Waals surface area contributed by atoms with Crippen LogP contribution in [0.4, 0.5) is 4.39 Å². The fourth-order valence-electron chi connectivity index (χ4n) is 1.61. The van der Waals surface area contributed by atoms with Crippen molar-refractivity contribution in [1.29, 1.82) is 0 Å². The minimum Gasteiger partial charge on any atom is -0.494 e. The third kappa shape index (κ3) is 2.35. The fraction of sp³-hybridized carbons (Fsp3) is 0.417. The Kier molecular flexibility index (Phi) is 3.83. The number of carbonyl (C=O) groups is 1. The molecule has 0 saturated carbocycles. The van der Waals surface area contributed by atoms with Crippen LogP contribution in [0.15, 0.2) is 12.1 Å². The van der Waals surface area contributed by atoms with Crippen molar-refractivity contribution in [2.75, 3.05) is 7.11 Å². The third-order valence-corrected chi connectivity index (χ3v) is 2.28. The second kappa shape index (κ2) is 4.91. The van der Waals surface area contributed by atoms with Crippen LogP contribution in [0.1, 0.15) is 36.2 Å². The Hall–Kier alpha value is -1.38. The van der Waals surface area contributed by atoms with E-state index in [1.54, 1.807) is 12.1 Å². The predicted octanol–water partition coefficient (Wildman–Crippen LogP) is 2.99. The lowest BCUT2D eigenvalue weighted by molar-refractivity contribution is 0.101. The normalized spacial score (nSPS) is 10.1. The van der Waals surface area contributed by atoms with Gasteiger partial charge in [0, 0.05) is 0 Å². The van der Waals surface area contributed by atoms with Gasteiger partial charge in [0.15, 0.2) is 17.3 Å². The molecule has 1 rings (SSSR count). The van der Waals surface area contributed by atoms with Gasteiger partial charge >= 0.3 is 0 Å². The van der Waals surface area contributed by atoms with Crippen LogP contribution in [0, 0.1) is 5.82 Å². The molecule has 0 bridgehead atoms. The summed E-state index contributed by atoms with van der Waals surface area (Å²) in [6.07, 6.45) is 1.59. The number of aryl methyl sites for hydroxylation is 1. The molecule has 1 aromatic carbocycles. The van der Waals surface area contributed by atoms with Crippen LogP contribution in [0.3, 0.4) is 0 Å². The minimum atomic E-state index is -0.545. The van der Waals surface area contributed by atoms with Crippen LogP contribution in [-0.4, -0.2) is 12.9 Å². The molecule has 0 N–H and O–H groups in total. The van der Waals surface area contributed by atoms with Gasteiger partial charge in [0.2, 0.25) is 0 Å². The van der Waals surface area contributed by atoms with E-state index in [9.17, 15) is 9.18 Å². The standard InChI is InChI=1S/C12H15FO2/c1-4-5-9-6-7-10(15-3)12(13)11(9)8(2)14/h6-7H,4-5H2,1-3H3. The number of ketones is 1. The van der Waals surface area contributed by atoms with E-state index in [-0.39, 0.29) is 17.1 Å². The number of halogens is 1. The Bertz CT molecular complexity index is 372. The monoisotopic (exact) mass is 210 g/mol. The summed E-state index contributed by atoms with van der Waals surface area (Å²) < 4.78 is 18.6. The number of Topliss-reactive ketones (excluding diaryl/α,β-unsaturated/α-hetero) is 1. The largest absolute Gasteiger partial charge is 0.494 e. The highest BCUT2D eigenvalue weighted by Crippen LogP contribution is 2.25. The molecule has 0 aromatic heterocycles. The van der Waals surface area contributed by atoms with Gasteiger partial charge in [-0.15, -0.1) is 0 Å². The molecule has 3 heteroatoms. The van der Waals surface area contributed by atoms with Gasteiger partial charge in [0.05, 0.1) is 12.7 Å². The van der Waals surface area contributed by atoms with Crippen LogP contribution in [-0.2, 0) is 6.42 Å². The van der Waals surface area contributed by atoms with E-state index in [1.165, 1.54) is 14.0 Å². The van der Waals surface area contributed by atoms with Gasteiger partial charge in [-0.1, -0.05) is 19.4 Å². The van der Waals surface area contributed by atoms with Gasteiger partial charge in [-0.25, -0.2) is 4.39 Å². The van der Waals surface area contributed by atoms with Gasteiger partial charge in [0.1, 0.15) is 0 Å². The summed E-state index contributed by atoms with van der Waals surface area (Å²) in [7, 11) is 1.39. The summed E-state index contributed by atoms with van der Waals surface area (Å²) in [5.74, 6) is -0.675. The maximum absolute atomic E-state index is 13.8. The highest BCUT2D eigenvalue weighted by atomic mass is 19.1. The highest BCUT2D eigenvalue weighted by Gasteiger charge is 2.16. The van der Waals surface area contributed by atoms with Crippen LogP contribution < -0.4 is 4.74 Å². The predicted molar refractivity (Wildman–Crippen MR) is 57.0 cm³/mol. The van der Waals surface area contributed by atoms with E-state index in [1.807, 2.05) is 6.92 Å². The first-order valence-corrected chi connectivity index (χ1v) is 4.98.